The third-order valence-corrected chi connectivity index (χ3v) is 5.85. The normalized spacial score (nSPS) is 11.5. The van der Waals surface area contributed by atoms with Gasteiger partial charge in [0, 0.05) is 23.6 Å². The van der Waals surface area contributed by atoms with E-state index in [1.165, 1.54) is 21.7 Å². The lowest BCUT2D eigenvalue weighted by atomic mass is 9.99. The molecule has 0 atom stereocenters. The highest BCUT2D eigenvalue weighted by Gasteiger charge is 2.19. The number of fused-ring (bicyclic) bond motifs is 2. The molecular formula is C26H20N6O3. The van der Waals surface area contributed by atoms with Crippen molar-refractivity contribution < 1.29 is 15.3 Å². The van der Waals surface area contributed by atoms with Gasteiger partial charge in [-0.05, 0) is 48.9 Å². The molecule has 0 aliphatic heterocycles. The summed E-state index contributed by atoms with van der Waals surface area (Å²) in [5.41, 5.74) is 5.26. The smallest absolute Gasteiger partial charge is 0.146 e. The summed E-state index contributed by atoms with van der Waals surface area (Å²) in [7, 11) is 0. The van der Waals surface area contributed by atoms with Gasteiger partial charge in [-0.3, -0.25) is 0 Å². The van der Waals surface area contributed by atoms with E-state index in [0.29, 0.717) is 38.9 Å². The van der Waals surface area contributed by atoms with Crippen LogP contribution in [0.3, 0.4) is 0 Å². The molecule has 0 saturated carbocycles. The molecule has 0 amide bonds. The first-order chi connectivity index (χ1) is 17.0. The van der Waals surface area contributed by atoms with E-state index < -0.39 is 0 Å². The van der Waals surface area contributed by atoms with Gasteiger partial charge in [0.15, 0.2) is 0 Å². The minimum atomic E-state index is -0.0893. The van der Waals surface area contributed by atoms with Gasteiger partial charge in [0.2, 0.25) is 0 Å². The molecule has 0 bridgehead atoms. The lowest BCUT2D eigenvalue weighted by Crippen LogP contribution is -2.04. The topological polar surface area (TPSA) is 122 Å². The van der Waals surface area contributed by atoms with Gasteiger partial charge >= 0.3 is 0 Å². The van der Waals surface area contributed by atoms with Crippen LogP contribution in [0.5, 0.6) is 17.2 Å². The molecule has 3 N–H and O–H groups in total. The Morgan fingerprint density at radius 2 is 1.03 bits per heavy atom. The summed E-state index contributed by atoms with van der Waals surface area (Å²) >= 11 is 0. The highest BCUT2D eigenvalue weighted by atomic mass is 16.3. The fourth-order valence-electron chi connectivity index (χ4n) is 4.21. The van der Waals surface area contributed by atoms with Crippen molar-refractivity contribution in [2.24, 2.45) is 0 Å². The molecule has 9 nitrogen and oxygen atoms in total. The Morgan fingerprint density at radius 3 is 1.51 bits per heavy atom. The van der Waals surface area contributed by atoms with Crippen molar-refractivity contribution in [1.29, 1.82) is 0 Å². The highest BCUT2D eigenvalue weighted by molar-refractivity contribution is 5.74. The number of hydrogen-bond donors (Lipinski definition) is 3. The maximum atomic E-state index is 11.1. The number of benzene rings is 4. The summed E-state index contributed by atoms with van der Waals surface area (Å²) in [6.45, 7) is 1.91. The van der Waals surface area contributed by atoms with Crippen molar-refractivity contribution in [1.82, 2.24) is 30.0 Å². The molecule has 0 spiro atoms. The Labute approximate surface area is 199 Å². The zero-order valence-electron chi connectivity index (χ0n) is 18.7. The highest BCUT2D eigenvalue weighted by Crippen LogP contribution is 2.36. The molecule has 9 heteroatoms. The first-order valence-corrected chi connectivity index (χ1v) is 11.0. The number of phenolic OH excluding ortho intramolecular Hbond substituents is 3. The molecule has 6 aromatic rings. The standard InChI is InChI=1S/C26H20N6O3/c1-15-10-16(25(34)23(11-15)31-27-19-6-2-3-7-20(19)28-31)12-17-13-18(33)14-24(26(17)35)32-29-21-8-4-5-9-22(21)30-32/h2-11,13-14,33-35H,12H2,1H3. The number of aromatic nitrogens is 6. The molecule has 2 heterocycles. The SMILES string of the molecule is Cc1cc(Cc2cc(O)cc(-n3nc4ccccc4n3)c2O)c(O)c(-n2nc3ccccc3n2)c1. The number of aromatic hydroxyl groups is 3. The van der Waals surface area contributed by atoms with Crippen LogP contribution in [0.4, 0.5) is 0 Å². The van der Waals surface area contributed by atoms with Gasteiger partial charge in [-0.1, -0.05) is 30.3 Å². The second-order valence-electron chi connectivity index (χ2n) is 8.40. The van der Waals surface area contributed by atoms with Crippen LogP contribution in [-0.2, 0) is 6.42 Å². The van der Waals surface area contributed by atoms with E-state index in [1.54, 1.807) is 6.07 Å². The van der Waals surface area contributed by atoms with Crippen LogP contribution in [0.1, 0.15) is 16.7 Å². The van der Waals surface area contributed by atoms with Crippen molar-refractivity contribution in [3.05, 3.63) is 89.5 Å². The van der Waals surface area contributed by atoms with Crippen LogP contribution < -0.4 is 0 Å². The van der Waals surface area contributed by atoms with Crippen molar-refractivity contribution in [3.63, 3.8) is 0 Å². The molecule has 0 aliphatic carbocycles. The number of hydrogen-bond acceptors (Lipinski definition) is 7. The molecule has 0 aliphatic rings. The number of nitrogens with zero attached hydrogens (tertiary/aromatic N) is 6. The number of rotatable bonds is 4. The van der Waals surface area contributed by atoms with Crippen molar-refractivity contribution in [3.8, 4) is 28.6 Å². The van der Waals surface area contributed by atoms with Gasteiger partial charge in [-0.25, -0.2) is 0 Å². The minimum absolute atomic E-state index is 0.0110. The van der Waals surface area contributed by atoms with E-state index in [9.17, 15) is 15.3 Å². The fraction of sp³-hybridized carbons (Fsp3) is 0.0769. The van der Waals surface area contributed by atoms with E-state index in [4.69, 9.17) is 0 Å². The summed E-state index contributed by atoms with van der Waals surface area (Å²) in [6.07, 6.45) is 0.148. The summed E-state index contributed by atoms with van der Waals surface area (Å²) < 4.78 is 0. The first kappa shape index (κ1) is 20.7. The molecular weight excluding hydrogens is 444 g/mol. The van der Waals surface area contributed by atoms with E-state index in [-0.39, 0.29) is 29.4 Å². The van der Waals surface area contributed by atoms with E-state index in [0.717, 1.165) is 5.56 Å². The second kappa shape index (κ2) is 7.84. The lowest BCUT2D eigenvalue weighted by Gasteiger charge is -2.14. The van der Waals surface area contributed by atoms with Crippen molar-refractivity contribution in [2.45, 2.75) is 13.3 Å². The molecule has 0 saturated heterocycles. The predicted octanol–water partition coefficient (Wildman–Crippen LogP) is 4.17. The Hall–Kier alpha value is -4.92. The van der Waals surface area contributed by atoms with Crippen LogP contribution in [0, 0.1) is 6.92 Å². The van der Waals surface area contributed by atoms with E-state index >= 15 is 0 Å². The molecule has 4 aromatic carbocycles. The summed E-state index contributed by atoms with van der Waals surface area (Å²) in [5.74, 6) is -0.154. The maximum absolute atomic E-state index is 11.1. The van der Waals surface area contributed by atoms with Crippen LogP contribution in [0.2, 0.25) is 0 Å². The molecule has 6 rings (SSSR count). The molecule has 0 fully saturated rings. The Balaban J connectivity index is 1.43. The number of phenols is 3. The minimum Gasteiger partial charge on any atom is -0.508 e. The molecule has 35 heavy (non-hydrogen) atoms. The maximum Gasteiger partial charge on any atom is 0.146 e. The average Bonchev–Trinajstić information content (AvgIpc) is 3.47. The number of aryl methyl sites for hydroxylation is 1. The molecule has 0 radical (unpaired) electrons. The second-order valence-corrected chi connectivity index (χ2v) is 8.40. The third kappa shape index (κ3) is 3.59. The van der Waals surface area contributed by atoms with E-state index in [2.05, 4.69) is 20.4 Å². The Kier molecular flexibility index (Phi) is 4.63. The largest absolute Gasteiger partial charge is 0.508 e. The average molecular weight is 464 g/mol. The van der Waals surface area contributed by atoms with Gasteiger partial charge in [0.25, 0.3) is 0 Å². The summed E-state index contributed by atoms with van der Waals surface area (Å²) in [4.78, 5) is 2.70. The molecule has 172 valence electrons. The van der Waals surface area contributed by atoms with Gasteiger partial charge < -0.3 is 15.3 Å². The van der Waals surface area contributed by atoms with Crippen LogP contribution in [0.25, 0.3) is 33.4 Å². The fourth-order valence-corrected chi connectivity index (χ4v) is 4.21. The third-order valence-electron chi connectivity index (χ3n) is 5.85. The first-order valence-electron chi connectivity index (χ1n) is 11.0. The van der Waals surface area contributed by atoms with Crippen LogP contribution in [-0.4, -0.2) is 45.3 Å². The van der Waals surface area contributed by atoms with Gasteiger partial charge in [-0.2, -0.15) is 0 Å². The van der Waals surface area contributed by atoms with Gasteiger partial charge in [-0.15, -0.1) is 30.0 Å². The summed E-state index contributed by atoms with van der Waals surface area (Å²) in [5, 5.41) is 50.4. The zero-order valence-corrected chi connectivity index (χ0v) is 18.7. The monoisotopic (exact) mass is 464 g/mol. The van der Waals surface area contributed by atoms with Crippen molar-refractivity contribution in [2.75, 3.05) is 0 Å². The predicted molar refractivity (Wildman–Crippen MR) is 130 cm³/mol. The van der Waals surface area contributed by atoms with E-state index in [1.807, 2.05) is 61.5 Å². The van der Waals surface area contributed by atoms with Crippen LogP contribution in [0.15, 0.2) is 72.8 Å². The molecule has 0 unspecified atom stereocenters. The van der Waals surface area contributed by atoms with Gasteiger partial charge in [0.1, 0.15) is 50.7 Å². The van der Waals surface area contributed by atoms with Gasteiger partial charge in [0.05, 0.1) is 0 Å². The van der Waals surface area contributed by atoms with Crippen molar-refractivity contribution >= 4 is 22.1 Å². The zero-order chi connectivity index (χ0) is 24.1. The van der Waals surface area contributed by atoms with Crippen LogP contribution >= 0.6 is 0 Å². The Morgan fingerprint density at radius 1 is 0.600 bits per heavy atom. The summed E-state index contributed by atoms with van der Waals surface area (Å²) in [6, 6.07) is 21.3. The lowest BCUT2D eigenvalue weighted by molar-refractivity contribution is 0.446. The Bertz CT molecular complexity index is 1540. The molecule has 2 aromatic heterocycles. The quantitative estimate of drug-likeness (QED) is 0.335.